The van der Waals surface area contributed by atoms with Crippen molar-refractivity contribution >= 4 is 48.9 Å². The molecule has 0 atom stereocenters. The fourth-order valence-electron chi connectivity index (χ4n) is 2.07. The van der Waals surface area contributed by atoms with E-state index in [4.69, 9.17) is 4.74 Å². The number of ether oxygens (including phenoxy) is 1. The minimum absolute atomic E-state index is 0. The molecule has 0 aromatic heterocycles. The molecule has 0 heterocycles. The molecule has 0 aromatic rings. The van der Waals surface area contributed by atoms with E-state index in [9.17, 15) is 0 Å². The Kier molecular flexibility index (Phi) is 25.3. The van der Waals surface area contributed by atoms with Crippen molar-refractivity contribution in [1.82, 2.24) is 0 Å². The molecular weight excluding hydrogens is 346 g/mol. The summed E-state index contributed by atoms with van der Waals surface area (Å²) >= 11 is 0. The third-order valence-electron chi connectivity index (χ3n) is 3.28. The molecule has 0 spiro atoms. The molecule has 1 nitrogen and oxygen atoms in total. The van der Waals surface area contributed by atoms with E-state index in [0.29, 0.717) is 0 Å². The van der Waals surface area contributed by atoms with Gasteiger partial charge in [-0.2, -0.15) is 0 Å². The van der Waals surface area contributed by atoms with Crippen LogP contribution in [0.2, 0.25) is 0 Å². The first kappa shape index (κ1) is 21.8. The van der Waals surface area contributed by atoms with Gasteiger partial charge in [0.05, 0.1) is 0 Å². The monoisotopic (exact) mass is 380 g/mol. The molecule has 2 heteroatoms. The van der Waals surface area contributed by atoms with Crippen LogP contribution in [0.5, 0.6) is 0 Å². The van der Waals surface area contributed by atoms with Gasteiger partial charge in [-0.25, -0.2) is 0 Å². The van der Waals surface area contributed by atoms with Crippen LogP contribution in [0.15, 0.2) is 0 Å². The van der Waals surface area contributed by atoms with E-state index < -0.39 is 0 Å². The minimum atomic E-state index is 0. The minimum Gasteiger partial charge on any atom is -0.381 e. The largest absolute Gasteiger partial charge is 0.381 e. The Labute approximate surface area is 156 Å². The summed E-state index contributed by atoms with van der Waals surface area (Å²) in [5.41, 5.74) is 0. The molecule has 0 aromatic carbocycles. The first-order chi connectivity index (χ1) is 8.41. The quantitative estimate of drug-likeness (QED) is 0.292. The maximum Gasteiger partial charge on any atom is 0.0466 e. The van der Waals surface area contributed by atoms with Gasteiger partial charge in [-0.15, -0.1) is 0 Å². The van der Waals surface area contributed by atoms with Crippen LogP contribution in [-0.4, -0.2) is 62.1 Å². The van der Waals surface area contributed by atoms with E-state index in [1.54, 1.807) is 0 Å². The van der Waals surface area contributed by atoms with Gasteiger partial charge >= 0.3 is 0 Å². The van der Waals surface area contributed by atoms with Crippen molar-refractivity contribution in [2.45, 2.75) is 90.9 Å². The summed E-state index contributed by atoms with van der Waals surface area (Å²) < 4.78 is 5.65. The number of unbranched alkanes of at least 4 members (excludes halogenated alkanes) is 10. The van der Waals surface area contributed by atoms with Crippen LogP contribution in [0.1, 0.15) is 90.9 Å². The first-order valence-electron chi connectivity index (χ1n) is 7.99. The van der Waals surface area contributed by atoms with Crippen molar-refractivity contribution in [2.24, 2.45) is 0 Å². The summed E-state index contributed by atoms with van der Waals surface area (Å²) in [6.45, 7) is 6.51. The molecule has 106 valence electrons. The molecule has 0 aliphatic carbocycles. The third-order valence-corrected chi connectivity index (χ3v) is 3.28. The van der Waals surface area contributed by atoms with Gasteiger partial charge in [-0.3, -0.25) is 0 Å². The van der Waals surface area contributed by atoms with E-state index >= 15 is 0 Å². The van der Waals surface area contributed by atoms with Crippen molar-refractivity contribution in [1.29, 1.82) is 0 Å². The van der Waals surface area contributed by atoms with Crippen molar-refractivity contribution in [3.05, 3.63) is 0 Å². The molecule has 0 unspecified atom stereocenters. The van der Waals surface area contributed by atoms with Crippen LogP contribution in [0.4, 0.5) is 0 Å². The topological polar surface area (TPSA) is 9.23 Å². The van der Waals surface area contributed by atoms with Gasteiger partial charge in [-0.1, -0.05) is 78.1 Å². The zero-order chi connectivity index (χ0) is 12.6. The molecule has 0 amide bonds. The average molecular weight is 380 g/mol. The fourth-order valence-corrected chi connectivity index (χ4v) is 2.07. The van der Waals surface area contributed by atoms with Gasteiger partial charge in [0.25, 0.3) is 0 Å². The zero-order valence-electron chi connectivity index (χ0n) is 13.0. The Bertz CT molecular complexity index is 114. The molecule has 0 rings (SSSR count). The average Bonchev–Trinajstić information content (AvgIpc) is 2.35. The molecule has 0 saturated heterocycles. The van der Waals surface area contributed by atoms with E-state index in [1.165, 1.54) is 77.0 Å². The molecule has 2 radical (unpaired) electrons. The summed E-state index contributed by atoms with van der Waals surface area (Å²) in [6, 6.07) is 0. The molecule has 0 N–H and O–H groups in total. The SMILES string of the molecule is CCCCCCCCOCCCCCCCC.[Ba]. The molecule has 0 saturated carbocycles. The molecule has 0 fully saturated rings. The summed E-state index contributed by atoms with van der Waals surface area (Å²) in [5.74, 6) is 0. The Morgan fingerprint density at radius 2 is 0.833 bits per heavy atom. The van der Waals surface area contributed by atoms with Crippen LogP contribution in [0.25, 0.3) is 0 Å². The maximum atomic E-state index is 5.65. The van der Waals surface area contributed by atoms with Gasteiger partial charge in [0.2, 0.25) is 0 Å². The summed E-state index contributed by atoms with van der Waals surface area (Å²) in [6.07, 6.45) is 16.3. The smallest absolute Gasteiger partial charge is 0.0466 e. The van der Waals surface area contributed by atoms with Gasteiger partial charge in [-0.05, 0) is 12.8 Å². The molecule has 18 heavy (non-hydrogen) atoms. The summed E-state index contributed by atoms with van der Waals surface area (Å²) in [7, 11) is 0. The van der Waals surface area contributed by atoms with Crippen LogP contribution in [-0.2, 0) is 4.74 Å². The summed E-state index contributed by atoms with van der Waals surface area (Å²) in [5, 5.41) is 0. The number of hydrogen-bond donors (Lipinski definition) is 0. The van der Waals surface area contributed by atoms with Crippen molar-refractivity contribution in [2.75, 3.05) is 13.2 Å². The van der Waals surface area contributed by atoms with Crippen LogP contribution in [0.3, 0.4) is 0 Å². The van der Waals surface area contributed by atoms with E-state index in [0.717, 1.165) is 13.2 Å². The predicted octanol–water partition coefficient (Wildman–Crippen LogP) is 5.34. The normalized spacial score (nSPS) is 10.3. The third kappa shape index (κ3) is 19.9. The van der Waals surface area contributed by atoms with Crippen molar-refractivity contribution < 1.29 is 4.74 Å². The Morgan fingerprint density at radius 3 is 1.22 bits per heavy atom. The van der Waals surface area contributed by atoms with Crippen LogP contribution in [0, 0.1) is 0 Å². The molecule has 0 aliphatic rings. The number of rotatable bonds is 14. The Balaban J connectivity index is 0. The second kappa shape index (κ2) is 20.8. The Hall–Kier alpha value is 1.53. The molecular formula is C16H34BaO. The fraction of sp³-hybridized carbons (Fsp3) is 1.00. The van der Waals surface area contributed by atoms with Gasteiger partial charge in [0.15, 0.2) is 0 Å². The first-order valence-corrected chi connectivity index (χ1v) is 7.99. The van der Waals surface area contributed by atoms with Crippen molar-refractivity contribution in [3.8, 4) is 0 Å². The second-order valence-electron chi connectivity index (χ2n) is 5.15. The van der Waals surface area contributed by atoms with E-state index in [-0.39, 0.29) is 48.9 Å². The van der Waals surface area contributed by atoms with Crippen LogP contribution < -0.4 is 0 Å². The number of hydrogen-bond acceptors (Lipinski definition) is 1. The maximum absolute atomic E-state index is 5.65. The van der Waals surface area contributed by atoms with E-state index in [2.05, 4.69) is 13.8 Å². The predicted molar refractivity (Wildman–Crippen MR) is 83.3 cm³/mol. The van der Waals surface area contributed by atoms with Gasteiger partial charge in [0, 0.05) is 62.1 Å². The van der Waals surface area contributed by atoms with Crippen molar-refractivity contribution in [3.63, 3.8) is 0 Å². The van der Waals surface area contributed by atoms with E-state index in [1.807, 2.05) is 0 Å². The zero-order valence-corrected chi connectivity index (χ0v) is 17.5. The molecule has 0 bridgehead atoms. The molecule has 0 aliphatic heterocycles. The Morgan fingerprint density at radius 1 is 0.500 bits per heavy atom. The standard InChI is InChI=1S/C16H34O.Ba/c1-3-5-7-9-11-13-15-17-16-14-12-10-8-6-4-2;/h3-16H2,1-2H3;. The summed E-state index contributed by atoms with van der Waals surface area (Å²) in [4.78, 5) is 0. The van der Waals surface area contributed by atoms with Gasteiger partial charge < -0.3 is 4.74 Å². The second-order valence-corrected chi connectivity index (χ2v) is 5.15. The van der Waals surface area contributed by atoms with Gasteiger partial charge in [0.1, 0.15) is 0 Å². The van der Waals surface area contributed by atoms with Crippen LogP contribution >= 0.6 is 0 Å².